The standard InChI is InChI=1S/C25H30N2O4/c1-30-16-21-8-5-13-27(21)26-22(15-20-11-12-23(28)24(20)25(29)31-2)19-10-9-17-6-3-4-7-18(17)14-19/h3-4,6-7,9-10,14,20-21,24H,5,8,11-13,15-16H2,1-2H3/b26-22+/t20-,21+,24-/m1/s1. The second-order valence-corrected chi connectivity index (χ2v) is 8.49. The van der Waals surface area contributed by atoms with Gasteiger partial charge in [0.05, 0.1) is 25.5 Å². The Morgan fingerprint density at radius 2 is 1.94 bits per heavy atom. The molecule has 1 aliphatic carbocycles. The van der Waals surface area contributed by atoms with Crippen molar-refractivity contribution in [2.75, 3.05) is 27.4 Å². The van der Waals surface area contributed by atoms with Crippen LogP contribution in [0.5, 0.6) is 0 Å². The van der Waals surface area contributed by atoms with Crippen LogP contribution in [0.2, 0.25) is 0 Å². The zero-order chi connectivity index (χ0) is 21.8. The van der Waals surface area contributed by atoms with Crippen LogP contribution in [0.1, 0.15) is 37.7 Å². The Hall–Kier alpha value is -2.73. The predicted molar refractivity (Wildman–Crippen MR) is 120 cm³/mol. The molecular formula is C25H30N2O4. The van der Waals surface area contributed by atoms with Crippen molar-refractivity contribution in [2.24, 2.45) is 16.9 Å². The number of rotatable bonds is 7. The summed E-state index contributed by atoms with van der Waals surface area (Å²) >= 11 is 0. The van der Waals surface area contributed by atoms with Crippen LogP contribution in [-0.4, -0.2) is 55.9 Å². The summed E-state index contributed by atoms with van der Waals surface area (Å²) in [5.74, 6) is -1.23. The lowest BCUT2D eigenvalue weighted by Crippen LogP contribution is -2.31. The molecular weight excluding hydrogens is 392 g/mol. The second kappa shape index (κ2) is 9.60. The summed E-state index contributed by atoms with van der Waals surface area (Å²) in [6.45, 7) is 1.52. The molecule has 164 valence electrons. The molecule has 1 heterocycles. The molecule has 4 rings (SSSR count). The highest BCUT2D eigenvalue weighted by Crippen LogP contribution is 2.34. The number of methoxy groups -OCH3 is 2. The first-order chi connectivity index (χ1) is 15.1. The van der Waals surface area contributed by atoms with E-state index in [0.717, 1.165) is 36.0 Å². The minimum absolute atomic E-state index is 0.0202. The number of nitrogens with zero attached hydrogens (tertiary/aromatic N) is 2. The third-order valence-electron chi connectivity index (χ3n) is 6.53. The topological polar surface area (TPSA) is 68.2 Å². The largest absolute Gasteiger partial charge is 0.468 e. The van der Waals surface area contributed by atoms with Gasteiger partial charge in [-0.1, -0.05) is 36.4 Å². The molecule has 0 aromatic heterocycles. The van der Waals surface area contributed by atoms with Crippen LogP contribution in [0.4, 0.5) is 0 Å². The van der Waals surface area contributed by atoms with Gasteiger partial charge in [-0.2, -0.15) is 5.10 Å². The molecule has 6 heteroatoms. The van der Waals surface area contributed by atoms with Crippen molar-refractivity contribution in [1.29, 1.82) is 0 Å². The van der Waals surface area contributed by atoms with Crippen molar-refractivity contribution in [3.63, 3.8) is 0 Å². The van der Waals surface area contributed by atoms with Gasteiger partial charge in [-0.3, -0.25) is 14.6 Å². The summed E-state index contributed by atoms with van der Waals surface area (Å²) < 4.78 is 10.3. The molecule has 1 saturated carbocycles. The van der Waals surface area contributed by atoms with Gasteiger partial charge in [0.15, 0.2) is 0 Å². The zero-order valence-electron chi connectivity index (χ0n) is 18.3. The van der Waals surface area contributed by atoms with E-state index in [4.69, 9.17) is 14.6 Å². The predicted octanol–water partition coefficient (Wildman–Crippen LogP) is 3.81. The van der Waals surface area contributed by atoms with E-state index in [-0.39, 0.29) is 17.7 Å². The van der Waals surface area contributed by atoms with Gasteiger partial charge in [-0.05, 0) is 54.0 Å². The summed E-state index contributed by atoms with van der Waals surface area (Å²) in [4.78, 5) is 24.7. The highest BCUT2D eigenvalue weighted by molar-refractivity contribution is 6.06. The quantitative estimate of drug-likeness (QED) is 0.386. The SMILES string of the molecule is COC[C@@H]1CCCN1/N=C(\C[C@H]1CCC(=O)[C@@H]1C(=O)OC)c1ccc2ccccc2c1. The number of hydrogen-bond acceptors (Lipinski definition) is 6. The summed E-state index contributed by atoms with van der Waals surface area (Å²) in [6.07, 6.45) is 3.81. The Bertz CT molecular complexity index is 986. The number of carbonyl (C=O) groups is 2. The molecule has 6 nitrogen and oxygen atoms in total. The van der Waals surface area contributed by atoms with Crippen molar-refractivity contribution in [3.05, 3.63) is 48.0 Å². The fraction of sp³-hybridized carbons (Fsp3) is 0.480. The van der Waals surface area contributed by atoms with E-state index in [1.54, 1.807) is 7.11 Å². The average molecular weight is 423 g/mol. The third-order valence-corrected chi connectivity index (χ3v) is 6.53. The van der Waals surface area contributed by atoms with Gasteiger partial charge in [0.25, 0.3) is 0 Å². The Labute approximate surface area is 183 Å². The zero-order valence-corrected chi connectivity index (χ0v) is 18.3. The highest BCUT2D eigenvalue weighted by atomic mass is 16.5. The maximum absolute atomic E-state index is 12.4. The Balaban J connectivity index is 1.69. The lowest BCUT2D eigenvalue weighted by Gasteiger charge is -2.24. The van der Waals surface area contributed by atoms with Crippen molar-refractivity contribution in [1.82, 2.24) is 5.01 Å². The van der Waals surface area contributed by atoms with Crippen LogP contribution >= 0.6 is 0 Å². The molecule has 1 aliphatic heterocycles. The number of fused-ring (bicyclic) bond motifs is 1. The van der Waals surface area contributed by atoms with Crippen molar-refractivity contribution >= 4 is 28.2 Å². The van der Waals surface area contributed by atoms with E-state index in [1.807, 2.05) is 12.1 Å². The van der Waals surface area contributed by atoms with Crippen LogP contribution in [0, 0.1) is 11.8 Å². The van der Waals surface area contributed by atoms with Crippen molar-refractivity contribution in [3.8, 4) is 0 Å². The molecule has 0 radical (unpaired) electrons. The molecule has 2 aromatic rings. The van der Waals surface area contributed by atoms with Gasteiger partial charge in [0.2, 0.25) is 0 Å². The first-order valence-electron chi connectivity index (χ1n) is 11.0. The second-order valence-electron chi connectivity index (χ2n) is 8.49. The molecule has 2 aromatic carbocycles. The highest BCUT2D eigenvalue weighted by Gasteiger charge is 2.41. The molecule has 2 fully saturated rings. The lowest BCUT2D eigenvalue weighted by atomic mass is 9.88. The van der Waals surface area contributed by atoms with Crippen LogP contribution < -0.4 is 0 Å². The van der Waals surface area contributed by atoms with Crippen LogP contribution in [-0.2, 0) is 19.1 Å². The average Bonchev–Trinajstić information content (AvgIpc) is 3.38. The third kappa shape index (κ3) is 4.64. The van der Waals surface area contributed by atoms with Gasteiger partial charge in [0.1, 0.15) is 11.7 Å². The monoisotopic (exact) mass is 422 g/mol. The number of hydrazone groups is 1. The van der Waals surface area contributed by atoms with Crippen LogP contribution in [0.3, 0.4) is 0 Å². The molecule has 0 amide bonds. The lowest BCUT2D eigenvalue weighted by molar-refractivity contribution is -0.149. The van der Waals surface area contributed by atoms with Gasteiger partial charge < -0.3 is 9.47 Å². The Morgan fingerprint density at radius 3 is 2.71 bits per heavy atom. The minimum atomic E-state index is -0.691. The first kappa shape index (κ1) is 21.5. The van der Waals surface area contributed by atoms with Crippen LogP contribution in [0.15, 0.2) is 47.6 Å². The van der Waals surface area contributed by atoms with E-state index in [0.29, 0.717) is 25.9 Å². The minimum Gasteiger partial charge on any atom is -0.468 e. The van der Waals surface area contributed by atoms with Gasteiger partial charge >= 0.3 is 5.97 Å². The van der Waals surface area contributed by atoms with E-state index < -0.39 is 11.9 Å². The summed E-state index contributed by atoms with van der Waals surface area (Å²) in [6, 6.07) is 14.8. The fourth-order valence-electron chi connectivity index (χ4n) is 4.89. The van der Waals surface area contributed by atoms with Crippen LogP contribution in [0.25, 0.3) is 10.8 Å². The van der Waals surface area contributed by atoms with E-state index >= 15 is 0 Å². The molecule has 3 atom stereocenters. The maximum atomic E-state index is 12.4. The molecule has 0 spiro atoms. The van der Waals surface area contributed by atoms with Gasteiger partial charge in [-0.25, -0.2) is 0 Å². The van der Waals surface area contributed by atoms with Crippen molar-refractivity contribution < 1.29 is 19.1 Å². The first-order valence-corrected chi connectivity index (χ1v) is 11.0. The van der Waals surface area contributed by atoms with Gasteiger partial charge in [-0.15, -0.1) is 0 Å². The summed E-state index contributed by atoms with van der Waals surface area (Å²) in [7, 11) is 3.07. The maximum Gasteiger partial charge on any atom is 0.316 e. The number of Topliss-reactive ketones (excluding diaryl/α,β-unsaturated/α-hetero) is 1. The van der Waals surface area contributed by atoms with Gasteiger partial charge in [0, 0.05) is 20.1 Å². The smallest absolute Gasteiger partial charge is 0.316 e. The number of esters is 1. The van der Waals surface area contributed by atoms with E-state index in [2.05, 4.69) is 35.3 Å². The normalized spacial score (nSPS) is 24.2. The fourth-order valence-corrected chi connectivity index (χ4v) is 4.89. The number of benzene rings is 2. The van der Waals surface area contributed by atoms with E-state index in [9.17, 15) is 9.59 Å². The summed E-state index contributed by atoms with van der Waals surface area (Å²) in [5.41, 5.74) is 1.95. The number of ketones is 1. The number of hydrogen-bond donors (Lipinski definition) is 0. The Kier molecular flexibility index (Phi) is 6.66. The number of carbonyl (C=O) groups excluding carboxylic acids is 2. The molecule has 2 aliphatic rings. The molecule has 1 saturated heterocycles. The summed E-state index contributed by atoms with van der Waals surface area (Å²) in [5, 5.41) is 9.51. The molecule has 0 N–H and O–H groups in total. The molecule has 0 unspecified atom stereocenters. The van der Waals surface area contributed by atoms with E-state index in [1.165, 1.54) is 12.5 Å². The van der Waals surface area contributed by atoms with Crippen molar-refractivity contribution in [2.45, 2.75) is 38.1 Å². The number of ether oxygens (including phenoxy) is 2. The Morgan fingerprint density at radius 1 is 1.13 bits per heavy atom. The molecule has 31 heavy (non-hydrogen) atoms. The molecule has 0 bridgehead atoms.